The number of esters is 2. The number of nitrogens with one attached hydrogen (secondary N) is 6. The minimum atomic E-state index is -1.43. The third-order valence-electron chi connectivity index (χ3n) is 12.3. The molecule has 4 rings (SSSR count). The number of hydrogen-bond acceptors (Lipinski definition) is 13. The predicted octanol–water partition coefficient (Wildman–Crippen LogP) is 5.57. The quantitative estimate of drug-likeness (QED) is 0.0219. The summed E-state index contributed by atoms with van der Waals surface area (Å²) in [4.78, 5) is 124. The summed E-state index contributed by atoms with van der Waals surface area (Å²) >= 11 is 0. The topological polar surface area (TPSA) is 301 Å². The lowest BCUT2D eigenvalue weighted by molar-refractivity contribution is -0.153. The van der Waals surface area contributed by atoms with Gasteiger partial charge in [0.2, 0.25) is 23.6 Å². The van der Waals surface area contributed by atoms with Gasteiger partial charge in [0.05, 0.1) is 25.3 Å². The van der Waals surface area contributed by atoms with Gasteiger partial charge in [-0.1, -0.05) is 77.1 Å². The van der Waals surface area contributed by atoms with E-state index in [4.69, 9.17) is 24.9 Å². The van der Waals surface area contributed by atoms with Gasteiger partial charge in [0.1, 0.15) is 41.2 Å². The number of carbonyl (C=O) groups is 9. The Morgan fingerprint density at radius 3 is 2.05 bits per heavy atom. The highest BCUT2D eigenvalue weighted by Gasteiger charge is 2.40. The van der Waals surface area contributed by atoms with Crippen LogP contribution >= 0.6 is 0 Å². The molecule has 24 heteroatoms. The number of benzene rings is 3. The zero-order valence-electron chi connectivity index (χ0n) is 47.5. The molecule has 8 amide bonds. The van der Waals surface area contributed by atoms with E-state index in [-0.39, 0.29) is 75.4 Å². The molecule has 1 aromatic heterocycles. The summed E-state index contributed by atoms with van der Waals surface area (Å²) in [5.74, 6) is -6.43. The minimum absolute atomic E-state index is 0.0130. The van der Waals surface area contributed by atoms with Gasteiger partial charge >= 0.3 is 24.1 Å². The van der Waals surface area contributed by atoms with Crippen LogP contribution in [0.15, 0.2) is 79.0 Å². The molecule has 0 bridgehead atoms. The summed E-state index contributed by atoms with van der Waals surface area (Å²) in [6.45, 7) is 13.7. The van der Waals surface area contributed by atoms with E-state index in [9.17, 15) is 47.5 Å². The number of hydrogen-bond donors (Lipinski definition) is 7. The maximum Gasteiger partial charge on any atom is 0.408 e. The monoisotopic (exact) mass is 1130 g/mol. The van der Waals surface area contributed by atoms with Crippen molar-refractivity contribution >= 4 is 59.3 Å². The number of nitrogens with zero attached hydrogens (tertiary/aromatic N) is 3. The molecule has 0 saturated heterocycles. The molecule has 0 fully saturated rings. The van der Waals surface area contributed by atoms with Gasteiger partial charge in [-0.3, -0.25) is 33.6 Å². The fraction of sp³-hybridized carbons (Fsp3) is 0.474. The highest BCUT2D eigenvalue weighted by atomic mass is 19.1. The minimum Gasteiger partial charge on any atom is -0.469 e. The number of rotatable bonds is 27. The molecule has 0 aliphatic rings. The second kappa shape index (κ2) is 30.2. The van der Waals surface area contributed by atoms with Crippen molar-refractivity contribution in [3.8, 4) is 11.3 Å². The number of amides is 8. The smallest absolute Gasteiger partial charge is 0.408 e. The second-order valence-corrected chi connectivity index (χ2v) is 21.6. The van der Waals surface area contributed by atoms with Crippen LogP contribution < -0.4 is 37.6 Å². The first-order valence-corrected chi connectivity index (χ1v) is 26.4. The van der Waals surface area contributed by atoms with Crippen molar-refractivity contribution in [2.24, 2.45) is 17.1 Å². The fourth-order valence-electron chi connectivity index (χ4n) is 8.43. The Kier molecular flexibility index (Phi) is 24.3. The summed E-state index contributed by atoms with van der Waals surface area (Å²) in [6, 6.07) is 13.0. The summed E-state index contributed by atoms with van der Waals surface area (Å²) in [6.07, 6.45) is 0.193. The highest BCUT2D eigenvalue weighted by molar-refractivity contribution is 5.98. The number of halogens is 2. The number of imidazole rings is 1. The number of carbonyl (C=O) groups excluding carboxylic acids is 9. The Bertz CT molecular complexity index is 2830. The summed E-state index contributed by atoms with van der Waals surface area (Å²) in [5.41, 5.74) is 5.01. The van der Waals surface area contributed by atoms with Crippen molar-refractivity contribution in [2.45, 2.75) is 131 Å². The van der Waals surface area contributed by atoms with Crippen LogP contribution in [0, 0.1) is 23.0 Å². The van der Waals surface area contributed by atoms with Crippen LogP contribution in [0.25, 0.3) is 11.3 Å². The van der Waals surface area contributed by atoms with Crippen LogP contribution in [0.2, 0.25) is 0 Å². The van der Waals surface area contributed by atoms with Crippen molar-refractivity contribution in [3.05, 3.63) is 108 Å². The number of ether oxygens (including phenoxy) is 3. The lowest BCUT2D eigenvalue weighted by atomic mass is 9.84. The second-order valence-electron chi connectivity index (χ2n) is 21.6. The Labute approximate surface area is 470 Å². The maximum atomic E-state index is 15.4. The largest absolute Gasteiger partial charge is 0.469 e. The average Bonchev–Trinajstić information content (AvgIpc) is 3.79. The highest BCUT2D eigenvalue weighted by Crippen LogP contribution is 2.40. The van der Waals surface area contributed by atoms with E-state index >= 15 is 4.39 Å². The zero-order valence-corrected chi connectivity index (χ0v) is 47.5. The van der Waals surface area contributed by atoms with Crippen LogP contribution in [0.5, 0.6) is 0 Å². The van der Waals surface area contributed by atoms with Crippen molar-refractivity contribution < 1.29 is 66.1 Å². The van der Waals surface area contributed by atoms with E-state index in [2.05, 4.69) is 31.9 Å². The summed E-state index contributed by atoms with van der Waals surface area (Å²) in [5, 5.41) is 15.8. The predicted molar refractivity (Wildman–Crippen MR) is 295 cm³/mol. The normalized spacial score (nSPS) is 12.9. The van der Waals surface area contributed by atoms with Gasteiger partial charge in [-0.25, -0.2) is 23.4 Å². The van der Waals surface area contributed by atoms with Gasteiger partial charge in [0, 0.05) is 57.0 Å². The number of alkyl carbamates (subject to hydrolysis) is 1. The average molecular weight is 1130 g/mol. The molecular formula is C57H76F2N10O12. The van der Waals surface area contributed by atoms with Gasteiger partial charge in [0.15, 0.2) is 6.61 Å². The van der Waals surface area contributed by atoms with Gasteiger partial charge < -0.3 is 61.3 Å². The van der Waals surface area contributed by atoms with Crippen LogP contribution in [0.3, 0.4) is 0 Å². The summed E-state index contributed by atoms with van der Waals surface area (Å²) < 4.78 is 47.1. The van der Waals surface area contributed by atoms with E-state index < -0.39 is 113 Å². The molecule has 8 N–H and O–H groups in total. The Morgan fingerprint density at radius 2 is 1.44 bits per heavy atom. The van der Waals surface area contributed by atoms with Gasteiger partial charge in [-0.05, 0) is 92.8 Å². The molecule has 0 spiro atoms. The molecule has 4 unspecified atom stereocenters. The van der Waals surface area contributed by atoms with Gasteiger partial charge in [-0.2, -0.15) is 0 Å². The van der Waals surface area contributed by atoms with E-state index in [1.807, 2.05) is 51.1 Å². The Balaban J connectivity index is 1.59. The van der Waals surface area contributed by atoms with Crippen LogP contribution in [-0.2, 0) is 60.7 Å². The van der Waals surface area contributed by atoms with Crippen molar-refractivity contribution in [1.29, 1.82) is 0 Å². The number of aromatic nitrogens is 2. The summed E-state index contributed by atoms with van der Waals surface area (Å²) in [7, 11) is 1.27. The number of primary amides is 1. The number of urea groups is 1. The molecule has 440 valence electrons. The first-order chi connectivity index (χ1) is 38.0. The molecule has 0 saturated carbocycles. The molecule has 4 atom stereocenters. The van der Waals surface area contributed by atoms with Crippen molar-refractivity contribution in [1.82, 2.24) is 41.0 Å². The third-order valence-corrected chi connectivity index (χ3v) is 12.3. The van der Waals surface area contributed by atoms with E-state index in [0.29, 0.717) is 11.3 Å². The van der Waals surface area contributed by atoms with Crippen LogP contribution in [-0.4, -0.2) is 125 Å². The third kappa shape index (κ3) is 21.6. The lowest BCUT2D eigenvalue weighted by Crippen LogP contribution is -2.55. The molecule has 1 heterocycles. The molecular weight excluding hydrogens is 1050 g/mol. The number of nitrogens with two attached hydrogens (primary N) is 1. The first-order valence-electron chi connectivity index (χ1n) is 26.4. The van der Waals surface area contributed by atoms with Crippen molar-refractivity contribution in [3.63, 3.8) is 0 Å². The van der Waals surface area contributed by atoms with E-state index in [0.717, 1.165) is 30.7 Å². The fourth-order valence-corrected chi connectivity index (χ4v) is 8.43. The Morgan fingerprint density at radius 1 is 0.778 bits per heavy atom. The number of methoxy groups -OCH3 is 1. The van der Waals surface area contributed by atoms with Crippen molar-refractivity contribution in [2.75, 3.05) is 38.7 Å². The molecule has 4 aromatic rings. The molecule has 0 radical (unpaired) electrons. The van der Waals surface area contributed by atoms with Crippen LogP contribution in [0.1, 0.15) is 111 Å². The van der Waals surface area contributed by atoms with Gasteiger partial charge in [-0.15, -0.1) is 0 Å². The van der Waals surface area contributed by atoms with Gasteiger partial charge in [0.25, 0.3) is 5.91 Å². The first kappa shape index (κ1) is 65.1. The molecule has 81 heavy (non-hydrogen) atoms. The molecule has 0 aliphatic heterocycles. The zero-order chi connectivity index (χ0) is 60.2. The van der Waals surface area contributed by atoms with Crippen LogP contribution in [0.4, 0.5) is 24.1 Å². The Hall–Kier alpha value is -8.44. The standard InChI is InChI=1S/C57H76F2N10O12/c1-34(2)48(53(76)65-42(17-14-26-62-54(60)77)52(75)63-39-21-18-36(19-22-39)29-47(73)79-10)67-45(71)24-27-61-51(74)43(66-55(78)81-57(7,8)9)25-28-69(46(72)33-80-35(3)70)49(56(4,5)6)50-64-44(40-30-38(58)20-23-41(40)59)32-68(50)31-37-15-12-11-13-16-37/h11-13,15-16,18-23,30,32,34,42-43,48-49H,14,17,24-29,31,33H2,1-10H3,(H,61,74)(H,63,75)(H,65,76)(H,66,78)(H,67,71)(H3,60,62,77). The lowest BCUT2D eigenvalue weighted by Gasteiger charge is -2.40. The molecule has 3 aromatic carbocycles. The van der Waals surface area contributed by atoms with E-state index in [1.165, 1.54) is 12.0 Å². The molecule has 22 nitrogen and oxygen atoms in total. The van der Waals surface area contributed by atoms with E-state index in [1.54, 1.807) is 69.6 Å². The maximum absolute atomic E-state index is 15.4. The SMILES string of the molecule is COC(=O)Cc1ccc(NC(=O)C(CCCNC(N)=O)NC(=O)C(NC(=O)CCNC(=O)C(CCN(C(=O)COC(C)=O)C(c2nc(-c3cc(F)ccc3F)cn2Cc2ccccc2)C(C)(C)C)NC(=O)OC(C)(C)C)C(C)C)cc1. The number of anilines is 1. The molecule has 0 aliphatic carbocycles.